The number of fused-ring (bicyclic) bond motifs is 12. The van der Waals surface area contributed by atoms with Crippen molar-refractivity contribution in [3.05, 3.63) is 194 Å². The van der Waals surface area contributed by atoms with Crippen LogP contribution in [0, 0.1) is 0 Å². The highest BCUT2D eigenvalue weighted by Crippen LogP contribution is 2.47. The smallest absolute Gasteiger partial charge is 0.143 e. The Hall–Kier alpha value is -7.68. The van der Waals surface area contributed by atoms with Gasteiger partial charge in [-0.25, -0.2) is 0 Å². The Morgan fingerprint density at radius 3 is 1.55 bits per heavy atom. The Morgan fingerprint density at radius 2 is 0.776 bits per heavy atom. The number of hydrogen-bond donors (Lipinski definition) is 0. The van der Waals surface area contributed by atoms with Crippen molar-refractivity contribution >= 4 is 97.7 Å². The van der Waals surface area contributed by atoms with Crippen LogP contribution in [0.5, 0.6) is 0 Å². The van der Waals surface area contributed by atoms with Crippen LogP contribution in [0.15, 0.2) is 203 Å². The van der Waals surface area contributed by atoms with Gasteiger partial charge in [0.15, 0.2) is 0 Å². The second-order valence-corrected chi connectivity index (χ2v) is 15.5. The van der Waals surface area contributed by atoms with Crippen molar-refractivity contribution in [2.75, 3.05) is 0 Å². The third-order valence-electron chi connectivity index (χ3n) is 12.4. The van der Waals surface area contributed by atoms with Gasteiger partial charge in [0.05, 0.1) is 0 Å². The lowest BCUT2D eigenvalue weighted by Gasteiger charge is -2.20. The molecule has 11 aromatic carbocycles. The molecule has 0 atom stereocenters. The van der Waals surface area contributed by atoms with E-state index in [4.69, 9.17) is 8.83 Å². The van der Waals surface area contributed by atoms with Crippen LogP contribution in [-0.2, 0) is 0 Å². The fraction of sp³-hybridized carbons (Fsp3) is 0. The molecule has 2 heteroatoms. The molecule has 2 heterocycles. The lowest BCUT2D eigenvalue weighted by Crippen LogP contribution is -1.92. The molecular weight excluding hydrogens is 705 g/mol. The maximum absolute atomic E-state index is 6.62. The molecule has 268 valence electrons. The first-order valence-corrected chi connectivity index (χ1v) is 19.9. The standard InChI is InChI=1S/C56H32O2/c1-2-12-34-29-37(22-21-33(34)11-1)54-43-16-5-7-18-45(43)55(46-19-8-6-17-44(46)54)47-28-27-38(40-13-3-4-14-41(40)47)35-23-25-39-36(30-35)24-26-48-50-31-49-42-15-9-10-20-51(42)57-52(49)32-53(50)58-56(39)48/h1-32H. The minimum Gasteiger partial charge on any atom is -0.456 e. The second-order valence-electron chi connectivity index (χ2n) is 15.5. The average molecular weight is 737 g/mol. The molecule has 0 aliphatic heterocycles. The molecule has 0 saturated heterocycles. The van der Waals surface area contributed by atoms with Crippen molar-refractivity contribution in [1.82, 2.24) is 0 Å². The van der Waals surface area contributed by atoms with Crippen LogP contribution >= 0.6 is 0 Å². The van der Waals surface area contributed by atoms with E-state index >= 15 is 0 Å². The number of benzene rings is 11. The van der Waals surface area contributed by atoms with E-state index in [1.54, 1.807) is 0 Å². The Labute approximate surface area is 332 Å². The van der Waals surface area contributed by atoms with Gasteiger partial charge in [-0.2, -0.15) is 0 Å². The van der Waals surface area contributed by atoms with Crippen molar-refractivity contribution in [2.45, 2.75) is 0 Å². The topological polar surface area (TPSA) is 26.3 Å². The molecule has 0 N–H and O–H groups in total. The lowest BCUT2D eigenvalue weighted by atomic mass is 9.83. The number of hydrogen-bond acceptors (Lipinski definition) is 2. The van der Waals surface area contributed by atoms with Gasteiger partial charge in [-0.1, -0.05) is 152 Å². The van der Waals surface area contributed by atoms with Gasteiger partial charge in [0, 0.05) is 33.0 Å². The van der Waals surface area contributed by atoms with Crippen LogP contribution < -0.4 is 0 Å². The van der Waals surface area contributed by atoms with Crippen LogP contribution in [0.3, 0.4) is 0 Å². The van der Waals surface area contributed by atoms with E-state index in [1.165, 1.54) is 76.5 Å². The van der Waals surface area contributed by atoms with E-state index in [9.17, 15) is 0 Å². The lowest BCUT2D eigenvalue weighted by molar-refractivity contribution is 0.658. The minimum atomic E-state index is 0.838. The van der Waals surface area contributed by atoms with Crippen molar-refractivity contribution in [2.24, 2.45) is 0 Å². The first-order valence-electron chi connectivity index (χ1n) is 19.9. The van der Waals surface area contributed by atoms with E-state index in [-0.39, 0.29) is 0 Å². The molecular formula is C56H32O2. The molecule has 0 fully saturated rings. The summed E-state index contributed by atoms with van der Waals surface area (Å²) in [5.74, 6) is 0. The van der Waals surface area contributed by atoms with Crippen molar-refractivity contribution in [1.29, 1.82) is 0 Å². The number of rotatable bonds is 3. The number of furan rings is 2. The molecule has 2 nitrogen and oxygen atoms in total. The van der Waals surface area contributed by atoms with Crippen molar-refractivity contribution in [3.8, 4) is 33.4 Å². The van der Waals surface area contributed by atoms with E-state index in [0.717, 1.165) is 54.6 Å². The quantitative estimate of drug-likeness (QED) is 0.169. The Balaban J connectivity index is 0.987. The Kier molecular flexibility index (Phi) is 6.47. The third-order valence-corrected chi connectivity index (χ3v) is 12.4. The van der Waals surface area contributed by atoms with E-state index in [1.807, 2.05) is 18.2 Å². The number of para-hydroxylation sites is 1. The molecule has 0 saturated carbocycles. The van der Waals surface area contributed by atoms with Gasteiger partial charge in [-0.15, -0.1) is 0 Å². The molecule has 13 rings (SSSR count). The van der Waals surface area contributed by atoms with Gasteiger partial charge >= 0.3 is 0 Å². The molecule has 0 radical (unpaired) electrons. The van der Waals surface area contributed by atoms with Crippen LogP contribution in [-0.4, -0.2) is 0 Å². The average Bonchev–Trinajstić information content (AvgIpc) is 3.84. The molecule has 0 bridgehead atoms. The normalized spacial score (nSPS) is 12.1. The van der Waals surface area contributed by atoms with E-state index in [2.05, 4.69) is 176 Å². The molecule has 2 aromatic heterocycles. The zero-order valence-corrected chi connectivity index (χ0v) is 31.3. The zero-order chi connectivity index (χ0) is 37.9. The fourth-order valence-electron chi connectivity index (χ4n) is 9.79. The molecule has 0 unspecified atom stereocenters. The fourth-order valence-corrected chi connectivity index (χ4v) is 9.79. The predicted molar refractivity (Wildman–Crippen MR) is 245 cm³/mol. The van der Waals surface area contributed by atoms with Crippen LogP contribution in [0.4, 0.5) is 0 Å². The van der Waals surface area contributed by atoms with Gasteiger partial charge in [-0.3, -0.25) is 0 Å². The van der Waals surface area contributed by atoms with Gasteiger partial charge < -0.3 is 8.83 Å². The van der Waals surface area contributed by atoms with Crippen LogP contribution in [0.25, 0.3) is 131 Å². The molecule has 0 amide bonds. The molecule has 58 heavy (non-hydrogen) atoms. The molecule has 0 spiro atoms. The summed E-state index contributed by atoms with van der Waals surface area (Å²) in [5.41, 5.74) is 10.9. The summed E-state index contributed by atoms with van der Waals surface area (Å²) in [7, 11) is 0. The van der Waals surface area contributed by atoms with Crippen LogP contribution in [0.2, 0.25) is 0 Å². The predicted octanol–water partition coefficient (Wildman–Crippen LogP) is 16.3. The summed E-state index contributed by atoms with van der Waals surface area (Å²) in [4.78, 5) is 0. The van der Waals surface area contributed by atoms with Gasteiger partial charge in [0.1, 0.15) is 22.3 Å². The summed E-state index contributed by atoms with van der Waals surface area (Å²) >= 11 is 0. The van der Waals surface area contributed by atoms with Gasteiger partial charge in [-0.05, 0) is 118 Å². The first-order chi connectivity index (χ1) is 28.7. The van der Waals surface area contributed by atoms with Gasteiger partial charge in [0.2, 0.25) is 0 Å². The molecule has 13 aromatic rings. The highest BCUT2D eigenvalue weighted by atomic mass is 16.3. The molecule has 0 aliphatic rings. The summed E-state index contributed by atoms with van der Waals surface area (Å²) in [6, 6.07) is 70.6. The zero-order valence-electron chi connectivity index (χ0n) is 31.3. The summed E-state index contributed by atoms with van der Waals surface area (Å²) < 4.78 is 12.8. The van der Waals surface area contributed by atoms with E-state index in [0.29, 0.717) is 0 Å². The van der Waals surface area contributed by atoms with Crippen molar-refractivity contribution < 1.29 is 8.83 Å². The summed E-state index contributed by atoms with van der Waals surface area (Å²) in [5, 5.41) is 16.7. The maximum atomic E-state index is 6.62. The molecule has 0 aliphatic carbocycles. The monoisotopic (exact) mass is 736 g/mol. The third kappa shape index (κ3) is 4.48. The van der Waals surface area contributed by atoms with Crippen molar-refractivity contribution in [3.63, 3.8) is 0 Å². The summed E-state index contributed by atoms with van der Waals surface area (Å²) in [6.45, 7) is 0. The maximum Gasteiger partial charge on any atom is 0.143 e. The SMILES string of the molecule is c1ccc2cc(-c3c4ccccc4c(-c4ccc(-c5ccc6c(ccc7c8cc9c(cc8oc67)oc6ccccc69)c5)c5ccccc45)c4ccccc34)ccc2c1. The Morgan fingerprint density at radius 1 is 0.241 bits per heavy atom. The second kappa shape index (κ2) is 11.9. The first kappa shape index (κ1) is 31.5. The summed E-state index contributed by atoms with van der Waals surface area (Å²) in [6.07, 6.45) is 0. The van der Waals surface area contributed by atoms with Crippen LogP contribution in [0.1, 0.15) is 0 Å². The van der Waals surface area contributed by atoms with E-state index < -0.39 is 0 Å². The van der Waals surface area contributed by atoms with Gasteiger partial charge in [0.25, 0.3) is 0 Å². The largest absolute Gasteiger partial charge is 0.456 e. The Bertz CT molecular complexity index is 3800. The minimum absolute atomic E-state index is 0.838. The highest BCUT2D eigenvalue weighted by molar-refractivity contribution is 6.25. The highest BCUT2D eigenvalue weighted by Gasteiger charge is 2.20.